The number of aromatic nitrogens is 2. The minimum atomic E-state index is 0.505. The minimum absolute atomic E-state index is 0.505. The van der Waals surface area contributed by atoms with Gasteiger partial charge >= 0.3 is 0 Å². The number of hydrogen-bond acceptors (Lipinski definition) is 4. The van der Waals surface area contributed by atoms with Crippen LogP contribution in [0.5, 0.6) is 10.9 Å². The van der Waals surface area contributed by atoms with Crippen molar-refractivity contribution in [3.63, 3.8) is 0 Å². The van der Waals surface area contributed by atoms with Gasteiger partial charge in [-0.3, -0.25) is 0 Å². The predicted octanol–water partition coefficient (Wildman–Crippen LogP) is 4.33. The summed E-state index contributed by atoms with van der Waals surface area (Å²) in [5.41, 5.74) is 1.28. The van der Waals surface area contributed by atoms with Gasteiger partial charge in [-0.1, -0.05) is 26.0 Å². The Morgan fingerprint density at radius 3 is 2.89 bits per heavy atom. The topological polar surface area (TPSA) is 35.0 Å². The Hall–Kier alpha value is -1.42. The Labute approximate surface area is 111 Å². The molecule has 3 rings (SSSR count). The van der Waals surface area contributed by atoms with Gasteiger partial charge in [0.15, 0.2) is 0 Å². The first kappa shape index (κ1) is 11.7. The van der Waals surface area contributed by atoms with Crippen molar-refractivity contribution in [2.45, 2.75) is 38.5 Å². The van der Waals surface area contributed by atoms with Gasteiger partial charge < -0.3 is 4.74 Å². The van der Waals surface area contributed by atoms with Crippen LogP contribution in [0.2, 0.25) is 0 Å². The molecule has 0 aliphatic heterocycles. The van der Waals surface area contributed by atoms with E-state index in [0.717, 1.165) is 11.6 Å². The predicted molar refractivity (Wildman–Crippen MR) is 72.5 cm³/mol. The zero-order valence-corrected chi connectivity index (χ0v) is 11.4. The van der Waals surface area contributed by atoms with Crippen LogP contribution in [0.3, 0.4) is 0 Å². The van der Waals surface area contributed by atoms with Crippen molar-refractivity contribution >= 4 is 11.5 Å². The average Bonchev–Trinajstić information content (AvgIpc) is 3.11. The average molecular weight is 260 g/mol. The smallest absolute Gasteiger partial charge is 0.298 e. The number of nitrogens with zero attached hydrogens (tertiary/aromatic N) is 2. The summed E-state index contributed by atoms with van der Waals surface area (Å²) < 4.78 is 10.1. The van der Waals surface area contributed by atoms with Gasteiger partial charge in [0.1, 0.15) is 11.6 Å². The van der Waals surface area contributed by atoms with Gasteiger partial charge in [-0.15, -0.1) is 0 Å². The van der Waals surface area contributed by atoms with E-state index in [1.54, 1.807) is 0 Å². The van der Waals surface area contributed by atoms with Gasteiger partial charge in [-0.25, -0.2) is 0 Å². The molecule has 1 aromatic carbocycles. The molecule has 0 saturated heterocycles. The molecule has 1 aromatic heterocycles. The van der Waals surface area contributed by atoms with Crippen LogP contribution < -0.4 is 4.74 Å². The zero-order chi connectivity index (χ0) is 12.5. The van der Waals surface area contributed by atoms with Gasteiger partial charge in [0.05, 0.1) is 0 Å². The van der Waals surface area contributed by atoms with E-state index >= 15 is 0 Å². The summed E-state index contributed by atoms with van der Waals surface area (Å²) in [6.45, 7) is 4.35. The molecule has 0 unspecified atom stereocenters. The van der Waals surface area contributed by atoms with Crippen molar-refractivity contribution in [3.05, 3.63) is 35.7 Å². The van der Waals surface area contributed by atoms with Crippen molar-refractivity contribution in [1.29, 1.82) is 0 Å². The zero-order valence-electron chi connectivity index (χ0n) is 10.6. The summed E-state index contributed by atoms with van der Waals surface area (Å²) in [6, 6.07) is 8.17. The molecular formula is C14H16N2OS. The number of hydrogen-bond donors (Lipinski definition) is 0. The van der Waals surface area contributed by atoms with Gasteiger partial charge in [0, 0.05) is 17.5 Å². The van der Waals surface area contributed by atoms with Crippen LogP contribution in [0.1, 0.15) is 49.9 Å². The van der Waals surface area contributed by atoms with E-state index < -0.39 is 0 Å². The van der Waals surface area contributed by atoms with Crippen LogP contribution in [0.4, 0.5) is 0 Å². The molecule has 0 N–H and O–H groups in total. The Morgan fingerprint density at radius 2 is 2.17 bits per heavy atom. The molecule has 1 aliphatic carbocycles. The van der Waals surface area contributed by atoms with Crippen LogP contribution in [-0.2, 0) is 0 Å². The highest BCUT2D eigenvalue weighted by Gasteiger charge is 2.28. The van der Waals surface area contributed by atoms with Crippen LogP contribution in [0.15, 0.2) is 24.3 Å². The second-order valence-electron chi connectivity index (χ2n) is 5.02. The van der Waals surface area contributed by atoms with E-state index in [-0.39, 0.29) is 0 Å². The highest BCUT2D eigenvalue weighted by Crippen LogP contribution is 2.40. The summed E-state index contributed by atoms with van der Waals surface area (Å²) in [4.78, 5) is 4.43. The summed E-state index contributed by atoms with van der Waals surface area (Å²) in [5.74, 6) is 2.89. The molecular weight excluding hydrogens is 244 g/mol. The quantitative estimate of drug-likeness (QED) is 0.820. The van der Waals surface area contributed by atoms with E-state index in [0.29, 0.717) is 17.0 Å². The van der Waals surface area contributed by atoms with Gasteiger partial charge in [0.25, 0.3) is 5.19 Å². The summed E-state index contributed by atoms with van der Waals surface area (Å²) >= 11 is 1.34. The lowest BCUT2D eigenvalue weighted by molar-refractivity contribution is 0.476. The third-order valence-electron chi connectivity index (χ3n) is 3.10. The maximum absolute atomic E-state index is 5.77. The van der Waals surface area contributed by atoms with Crippen LogP contribution in [0, 0.1) is 0 Å². The maximum Gasteiger partial charge on any atom is 0.298 e. The summed E-state index contributed by atoms with van der Waals surface area (Å²) in [5, 5.41) is 0.651. The first-order chi connectivity index (χ1) is 8.72. The van der Waals surface area contributed by atoms with Crippen molar-refractivity contribution in [3.8, 4) is 10.9 Å². The number of benzene rings is 1. The highest BCUT2D eigenvalue weighted by molar-refractivity contribution is 7.07. The second-order valence-corrected chi connectivity index (χ2v) is 5.74. The molecule has 2 aromatic rings. The lowest BCUT2D eigenvalue weighted by Crippen LogP contribution is -1.89. The van der Waals surface area contributed by atoms with Crippen LogP contribution in [0.25, 0.3) is 0 Å². The van der Waals surface area contributed by atoms with Crippen LogP contribution >= 0.6 is 11.5 Å². The Morgan fingerprint density at radius 1 is 1.33 bits per heavy atom. The SMILES string of the molecule is CC(C)c1cccc(Oc2nc(C3CC3)ns2)c1. The normalized spacial score (nSPS) is 15.1. The molecule has 4 heteroatoms. The number of rotatable bonds is 4. The largest absolute Gasteiger partial charge is 0.430 e. The molecule has 18 heavy (non-hydrogen) atoms. The first-order valence-electron chi connectivity index (χ1n) is 6.34. The van der Waals surface area contributed by atoms with Crippen molar-refractivity contribution in [2.24, 2.45) is 0 Å². The Bertz CT molecular complexity index is 546. The van der Waals surface area contributed by atoms with Gasteiger partial charge in [-0.05, 0) is 36.5 Å². The molecule has 0 spiro atoms. The summed E-state index contributed by atoms with van der Waals surface area (Å²) in [7, 11) is 0. The monoisotopic (exact) mass is 260 g/mol. The van der Waals surface area contributed by atoms with Crippen molar-refractivity contribution in [1.82, 2.24) is 9.36 Å². The maximum atomic E-state index is 5.77. The molecule has 1 fully saturated rings. The van der Waals surface area contributed by atoms with E-state index in [1.165, 1.54) is 29.9 Å². The van der Waals surface area contributed by atoms with Crippen molar-refractivity contribution < 1.29 is 4.74 Å². The summed E-state index contributed by atoms with van der Waals surface area (Å²) in [6.07, 6.45) is 2.44. The Kier molecular flexibility index (Phi) is 3.04. The van der Waals surface area contributed by atoms with E-state index in [4.69, 9.17) is 4.74 Å². The molecule has 0 radical (unpaired) electrons. The lowest BCUT2D eigenvalue weighted by Gasteiger charge is -2.07. The van der Waals surface area contributed by atoms with Gasteiger partial charge in [0.2, 0.25) is 0 Å². The molecule has 3 nitrogen and oxygen atoms in total. The van der Waals surface area contributed by atoms with E-state index in [2.05, 4.69) is 35.3 Å². The fraction of sp³-hybridized carbons (Fsp3) is 0.429. The molecule has 0 amide bonds. The highest BCUT2D eigenvalue weighted by atomic mass is 32.1. The molecule has 1 aliphatic rings. The number of ether oxygens (including phenoxy) is 1. The first-order valence-corrected chi connectivity index (χ1v) is 7.11. The van der Waals surface area contributed by atoms with E-state index in [1.807, 2.05) is 12.1 Å². The minimum Gasteiger partial charge on any atom is -0.430 e. The molecule has 1 saturated carbocycles. The third kappa shape index (κ3) is 2.53. The van der Waals surface area contributed by atoms with Crippen LogP contribution in [-0.4, -0.2) is 9.36 Å². The van der Waals surface area contributed by atoms with Crippen molar-refractivity contribution in [2.75, 3.05) is 0 Å². The third-order valence-corrected chi connectivity index (χ3v) is 3.70. The molecule has 94 valence electrons. The van der Waals surface area contributed by atoms with Gasteiger partial charge in [-0.2, -0.15) is 9.36 Å². The molecule has 0 atom stereocenters. The standard InChI is InChI=1S/C14H16N2OS/c1-9(2)11-4-3-5-12(8-11)17-14-15-13(16-18-14)10-6-7-10/h3-5,8-10H,6-7H2,1-2H3. The Balaban J connectivity index is 1.76. The fourth-order valence-electron chi connectivity index (χ4n) is 1.81. The molecule has 0 bridgehead atoms. The van der Waals surface area contributed by atoms with E-state index in [9.17, 15) is 0 Å². The molecule has 1 heterocycles. The fourth-order valence-corrected chi connectivity index (χ4v) is 2.44. The lowest BCUT2D eigenvalue weighted by atomic mass is 10.0. The second kappa shape index (κ2) is 4.69.